The van der Waals surface area contributed by atoms with Crippen molar-refractivity contribution in [1.82, 2.24) is 4.98 Å². The molecule has 0 amide bonds. The lowest BCUT2D eigenvalue weighted by atomic mass is 10.2. The highest BCUT2D eigenvalue weighted by Gasteiger charge is 2.45. The monoisotopic (exact) mass is 269 g/mol. The molecule has 16 heavy (non-hydrogen) atoms. The first-order valence-corrected chi connectivity index (χ1v) is 5.01. The minimum atomic E-state index is -3.88. The van der Waals surface area contributed by atoms with Crippen LogP contribution in [-0.2, 0) is 15.5 Å². The molecular formula is C9H7Cl2F2NO2. The number of rotatable bonds is 3. The molecule has 1 aromatic heterocycles. The minimum absolute atomic E-state index is 0.105. The predicted molar refractivity (Wildman–Crippen MR) is 54.8 cm³/mol. The summed E-state index contributed by atoms with van der Waals surface area (Å²) in [5.74, 6) is -5.57. The zero-order chi connectivity index (χ0) is 12.3. The van der Waals surface area contributed by atoms with Gasteiger partial charge in [-0.2, -0.15) is 8.78 Å². The van der Waals surface area contributed by atoms with Gasteiger partial charge in [-0.15, -0.1) is 0 Å². The summed E-state index contributed by atoms with van der Waals surface area (Å²) in [4.78, 5) is 14.3. The quantitative estimate of drug-likeness (QED) is 0.792. The van der Waals surface area contributed by atoms with Gasteiger partial charge in [0.05, 0.1) is 16.7 Å². The van der Waals surface area contributed by atoms with Crippen LogP contribution in [0.4, 0.5) is 8.78 Å². The first-order valence-electron chi connectivity index (χ1n) is 4.26. The number of ether oxygens (including phenoxy) is 1. The van der Waals surface area contributed by atoms with Crippen LogP contribution in [0.15, 0.2) is 12.3 Å². The Morgan fingerprint density at radius 2 is 2.19 bits per heavy atom. The van der Waals surface area contributed by atoms with Crippen molar-refractivity contribution in [2.75, 3.05) is 6.61 Å². The van der Waals surface area contributed by atoms with Gasteiger partial charge in [-0.1, -0.05) is 23.2 Å². The van der Waals surface area contributed by atoms with Crippen LogP contribution in [0.1, 0.15) is 12.6 Å². The fourth-order valence-corrected chi connectivity index (χ4v) is 1.46. The van der Waals surface area contributed by atoms with Crippen molar-refractivity contribution in [1.29, 1.82) is 0 Å². The maximum atomic E-state index is 13.5. The second kappa shape index (κ2) is 4.93. The van der Waals surface area contributed by atoms with Gasteiger partial charge in [0.25, 0.3) is 0 Å². The summed E-state index contributed by atoms with van der Waals surface area (Å²) >= 11 is 11.0. The molecule has 3 nitrogen and oxygen atoms in total. The highest BCUT2D eigenvalue weighted by molar-refractivity contribution is 6.35. The van der Waals surface area contributed by atoms with Crippen LogP contribution in [0.5, 0.6) is 0 Å². The largest absolute Gasteiger partial charge is 0.461 e. The van der Waals surface area contributed by atoms with Crippen LogP contribution in [-0.4, -0.2) is 17.6 Å². The van der Waals surface area contributed by atoms with Crippen LogP contribution < -0.4 is 0 Å². The van der Waals surface area contributed by atoms with Gasteiger partial charge in [-0.25, -0.2) is 4.79 Å². The molecule has 0 aliphatic carbocycles. The number of halogens is 4. The van der Waals surface area contributed by atoms with Gasteiger partial charge in [-0.3, -0.25) is 4.98 Å². The average Bonchev–Trinajstić information content (AvgIpc) is 2.17. The van der Waals surface area contributed by atoms with E-state index in [0.29, 0.717) is 0 Å². The highest BCUT2D eigenvalue weighted by atomic mass is 35.5. The SMILES string of the molecule is CCOC(=O)C(F)(F)c1ncc(Cl)cc1Cl. The first-order chi connectivity index (χ1) is 7.39. The molecule has 0 N–H and O–H groups in total. The van der Waals surface area contributed by atoms with Crippen molar-refractivity contribution in [3.8, 4) is 0 Å². The predicted octanol–water partition coefficient (Wildman–Crippen LogP) is 3.04. The van der Waals surface area contributed by atoms with Gasteiger partial charge in [0.15, 0.2) is 0 Å². The van der Waals surface area contributed by atoms with Crippen molar-refractivity contribution in [3.63, 3.8) is 0 Å². The van der Waals surface area contributed by atoms with Crippen LogP contribution in [0.2, 0.25) is 10.0 Å². The van der Waals surface area contributed by atoms with Gasteiger partial charge >= 0.3 is 11.9 Å². The lowest BCUT2D eigenvalue weighted by molar-refractivity contribution is -0.173. The molecule has 7 heteroatoms. The molecule has 1 heterocycles. The fourth-order valence-electron chi connectivity index (χ4n) is 0.964. The van der Waals surface area contributed by atoms with Crippen LogP contribution >= 0.6 is 23.2 Å². The van der Waals surface area contributed by atoms with Crippen molar-refractivity contribution < 1.29 is 18.3 Å². The molecule has 0 bridgehead atoms. The highest BCUT2D eigenvalue weighted by Crippen LogP contribution is 2.33. The van der Waals surface area contributed by atoms with E-state index in [1.165, 1.54) is 6.92 Å². The van der Waals surface area contributed by atoms with Crippen molar-refractivity contribution in [2.24, 2.45) is 0 Å². The lowest BCUT2D eigenvalue weighted by Gasteiger charge is -2.14. The van der Waals surface area contributed by atoms with E-state index in [4.69, 9.17) is 23.2 Å². The van der Waals surface area contributed by atoms with E-state index in [0.717, 1.165) is 12.3 Å². The molecule has 0 aromatic carbocycles. The second-order valence-corrected chi connectivity index (χ2v) is 3.62. The zero-order valence-electron chi connectivity index (χ0n) is 8.14. The third-order valence-corrected chi connectivity index (χ3v) is 2.13. The smallest absolute Gasteiger partial charge is 0.385 e. The fraction of sp³-hybridized carbons (Fsp3) is 0.333. The van der Waals surface area contributed by atoms with Gasteiger partial charge in [0.1, 0.15) is 5.69 Å². The van der Waals surface area contributed by atoms with E-state index >= 15 is 0 Å². The normalized spacial score (nSPS) is 11.3. The Morgan fingerprint density at radius 1 is 1.56 bits per heavy atom. The van der Waals surface area contributed by atoms with Gasteiger partial charge < -0.3 is 4.74 Å². The van der Waals surface area contributed by atoms with E-state index in [2.05, 4.69) is 9.72 Å². The van der Waals surface area contributed by atoms with E-state index in [9.17, 15) is 13.6 Å². The van der Waals surface area contributed by atoms with E-state index in [1.807, 2.05) is 0 Å². The number of carbonyl (C=O) groups excluding carboxylic acids is 1. The average molecular weight is 270 g/mol. The van der Waals surface area contributed by atoms with E-state index in [-0.39, 0.29) is 16.7 Å². The first kappa shape index (κ1) is 13.1. The number of esters is 1. The summed E-state index contributed by atoms with van der Waals surface area (Å²) in [6.07, 6.45) is 0.982. The summed E-state index contributed by atoms with van der Waals surface area (Å²) in [5, 5.41) is -0.279. The van der Waals surface area contributed by atoms with Gasteiger partial charge in [0, 0.05) is 6.20 Å². The van der Waals surface area contributed by atoms with Gasteiger partial charge in [-0.05, 0) is 13.0 Å². The van der Waals surface area contributed by atoms with Crippen LogP contribution in [0.25, 0.3) is 0 Å². The summed E-state index contributed by atoms with van der Waals surface area (Å²) < 4.78 is 31.2. The maximum absolute atomic E-state index is 13.5. The second-order valence-electron chi connectivity index (χ2n) is 2.78. The molecule has 88 valence electrons. The van der Waals surface area contributed by atoms with Crippen LogP contribution in [0, 0.1) is 0 Å². The van der Waals surface area contributed by atoms with Crippen LogP contribution in [0.3, 0.4) is 0 Å². The molecule has 0 aliphatic heterocycles. The summed E-state index contributed by atoms with van der Waals surface area (Å²) in [5.41, 5.74) is -0.864. The molecule has 1 aromatic rings. The van der Waals surface area contributed by atoms with Crippen molar-refractivity contribution >= 4 is 29.2 Å². The molecule has 0 atom stereocenters. The van der Waals surface area contributed by atoms with E-state index in [1.54, 1.807) is 0 Å². The molecule has 0 spiro atoms. The zero-order valence-corrected chi connectivity index (χ0v) is 9.65. The maximum Gasteiger partial charge on any atom is 0.385 e. The number of hydrogen-bond donors (Lipinski definition) is 0. The molecule has 0 saturated heterocycles. The Balaban J connectivity index is 3.11. The Bertz CT molecular complexity index is 412. The molecule has 0 fully saturated rings. The topological polar surface area (TPSA) is 39.2 Å². The van der Waals surface area contributed by atoms with E-state index < -0.39 is 17.6 Å². The number of alkyl halides is 2. The number of nitrogens with zero attached hydrogens (tertiary/aromatic N) is 1. The number of carbonyl (C=O) groups is 1. The Morgan fingerprint density at radius 3 is 2.69 bits per heavy atom. The van der Waals surface area contributed by atoms with Gasteiger partial charge in [0.2, 0.25) is 0 Å². The standard InChI is InChI=1S/C9H7Cl2F2NO2/c1-2-16-8(15)9(12,13)7-6(11)3-5(10)4-14-7/h3-4H,2H2,1H3. The number of aromatic nitrogens is 1. The Hall–Kier alpha value is -0.940. The lowest BCUT2D eigenvalue weighted by Crippen LogP contribution is -2.29. The number of hydrogen-bond acceptors (Lipinski definition) is 3. The molecule has 0 aliphatic rings. The summed E-state index contributed by atoms with van der Waals surface area (Å²) in [6, 6.07) is 1.08. The molecule has 0 unspecified atom stereocenters. The summed E-state index contributed by atoms with van der Waals surface area (Å²) in [7, 11) is 0. The molecule has 0 radical (unpaired) electrons. The molecule has 0 saturated carbocycles. The summed E-state index contributed by atoms with van der Waals surface area (Å²) in [6.45, 7) is 1.27. The Kier molecular flexibility index (Phi) is 4.04. The Labute approximate surface area is 100 Å². The molecule has 1 rings (SSSR count). The van der Waals surface area contributed by atoms with Crippen molar-refractivity contribution in [3.05, 3.63) is 28.0 Å². The number of pyridine rings is 1. The van der Waals surface area contributed by atoms with Crippen molar-refractivity contribution in [2.45, 2.75) is 12.8 Å². The third-order valence-electron chi connectivity index (χ3n) is 1.64. The third kappa shape index (κ3) is 2.59. The molecular weight excluding hydrogens is 263 g/mol. The minimum Gasteiger partial charge on any atom is -0.461 e.